The van der Waals surface area contributed by atoms with Gasteiger partial charge >= 0.3 is 0 Å². The van der Waals surface area contributed by atoms with E-state index in [4.69, 9.17) is 11.6 Å². The van der Waals surface area contributed by atoms with Crippen molar-refractivity contribution in [3.05, 3.63) is 34.9 Å². The molecule has 17 heavy (non-hydrogen) atoms. The maximum atomic E-state index is 11.9. The summed E-state index contributed by atoms with van der Waals surface area (Å²) in [5, 5.41) is 1.98. The van der Waals surface area contributed by atoms with Crippen molar-refractivity contribution in [1.82, 2.24) is 10.4 Å². The van der Waals surface area contributed by atoms with Gasteiger partial charge in [0.2, 0.25) is 11.8 Å². The Morgan fingerprint density at radius 3 is 2.82 bits per heavy atom. The molecule has 2 aliphatic rings. The van der Waals surface area contributed by atoms with Crippen molar-refractivity contribution in [2.45, 2.75) is 13.0 Å². The number of rotatable bonds is 2. The second-order valence-corrected chi connectivity index (χ2v) is 4.85. The summed E-state index contributed by atoms with van der Waals surface area (Å²) in [6.07, 6.45) is 0.684. The van der Waals surface area contributed by atoms with Crippen LogP contribution < -0.4 is 5.43 Å². The molecule has 3 rings (SSSR count). The van der Waals surface area contributed by atoms with Gasteiger partial charge in [0.25, 0.3) is 0 Å². The third-order valence-electron chi connectivity index (χ3n) is 3.24. The fourth-order valence-electron chi connectivity index (χ4n) is 2.14. The molecule has 1 aliphatic carbocycles. The van der Waals surface area contributed by atoms with Crippen LogP contribution in [-0.2, 0) is 16.1 Å². The fourth-order valence-corrected chi connectivity index (χ4v) is 2.34. The van der Waals surface area contributed by atoms with Crippen molar-refractivity contribution < 1.29 is 9.59 Å². The number of halogens is 1. The first-order valence-corrected chi connectivity index (χ1v) is 5.90. The molecule has 0 bridgehead atoms. The van der Waals surface area contributed by atoms with E-state index in [1.54, 1.807) is 6.07 Å². The van der Waals surface area contributed by atoms with Gasteiger partial charge in [-0.2, -0.15) is 0 Å². The summed E-state index contributed by atoms with van der Waals surface area (Å²) in [5.41, 5.74) is 3.45. The summed E-state index contributed by atoms with van der Waals surface area (Å²) < 4.78 is 0. The molecule has 88 valence electrons. The molecule has 1 saturated carbocycles. The maximum Gasteiger partial charge on any atom is 0.245 e. The van der Waals surface area contributed by atoms with Crippen LogP contribution in [0.5, 0.6) is 0 Å². The minimum absolute atomic E-state index is 0.00507. The Kier molecular flexibility index (Phi) is 2.33. The van der Waals surface area contributed by atoms with Crippen LogP contribution in [0.2, 0.25) is 5.02 Å². The average Bonchev–Trinajstić information content (AvgIpc) is 3.09. The van der Waals surface area contributed by atoms with E-state index in [1.165, 1.54) is 5.01 Å². The summed E-state index contributed by atoms with van der Waals surface area (Å²) >= 11 is 6.02. The Morgan fingerprint density at radius 2 is 2.06 bits per heavy atom. The lowest BCUT2D eigenvalue weighted by Gasteiger charge is -2.27. The molecule has 1 aliphatic heterocycles. The molecule has 0 radical (unpaired) electrons. The molecule has 1 aromatic carbocycles. The lowest BCUT2D eigenvalue weighted by atomic mass is 10.2. The number of hydrogen-bond donors (Lipinski definition) is 1. The Labute approximate surface area is 104 Å². The second kappa shape index (κ2) is 3.74. The van der Waals surface area contributed by atoms with Crippen LogP contribution in [-0.4, -0.2) is 16.8 Å². The molecule has 2 atom stereocenters. The predicted molar refractivity (Wildman–Crippen MR) is 61.7 cm³/mol. The van der Waals surface area contributed by atoms with E-state index in [9.17, 15) is 9.59 Å². The van der Waals surface area contributed by atoms with Crippen molar-refractivity contribution in [3.63, 3.8) is 0 Å². The van der Waals surface area contributed by atoms with Crippen LogP contribution in [0, 0.1) is 11.8 Å². The second-order valence-electron chi connectivity index (χ2n) is 4.44. The highest BCUT2D eigenvalue weighted by Gasteiger charge is 2.53. The van der Waals surface area contributed by atoms with Gasteiger partial charge in [0, 0.05) is 5.02 Å². The molecule has 1 N–H and O–H groups in total. The molecule has 1 aromatic rings. The van der Waals surface area contributed by atoms with E-state index in [0.29, 0.717) is 18.0 Å². The van der Waals surface area contributed by atoms with E-state index in [2.05, 4.69) is 5.43 Å². The predicted octanol–water partition coefficient (Wildman–Crippen LogP) is 1.35. The number of hydrogen-bond acceptors (Lipinski definition) is 2. The highest BCUT2D eigenvalue weighted by molar-refractivity contribution is 6.31. The molecule has 2 fully saturated rings. The van der Waals surface area contributed by atoms with Gasteiger partial charge in [-0.05, 0) is 18.1 Å². The molecule has 0 spiro atoms. The van der Waals surface area contributed by atoms with E-state index in [-0.39, 0.29) is 23.7 Å². The van der Waals surface area contributed by atoms with Crippen molar-refractivity contribution in [2.75, 3.05) is 0 Å². The first-order chi connectivity index (χ1) is 8.16. The van der Waals surface area contributed by atoms with Gasteiger partial charge in [0.05, 0.1) is 18.4 Å². The highest BCUT2D eigenvalue weighted by atomic mass is 35.5. The zero-order valence-corrected chi connectivity index (χ0v) is 9.78. The summed E-state index contributed by atoms with van der Waals surface area (Å²) in [4.78, 5) is 23.4. The molecule has 1 saturated heterocycles. The van der Waals surface area contributed by atoms with Crippen LogP contribution in [0.4, 0.5) is 0 Å². The normalized spacial score (nSPS) is 26.5. The van der Waals surface area contributed by atoms with Crippen LogP contribution in [0.3, 0.4) is 0 Å². The summed E-state index contributed by atoms with van der Waals surface area (Å²) in [5.74, 6) is -0.257. The summed E-state index contributed by atoms with van der Waals surface area (Å²) in [6, 6.07) is 7.31. The first-order valence-electron chi connectivity index (χ1n) is 5.52. The first kappa shape index (κ1) is 10.6. The van der Waals surface area contributed by atoms with Crippen LogP contribution in [0.25, 0.3) is 0 Å². The molecule has 2 unspecified atom stereocenters. The van der Waals surface area contributed by atoms with Gasteiger partial charge in [-0.15, -0.1) is 0 Å². The smallest absolute Gasteiger partial charge is 0.245 e. The number of benzene rings is 1. The SMILES string of the molecule is O=C1NN(Cc2ccccc2Cl)C(=O)C2CC12. The third-order valence-corrected chi connectivity index (χ3v) is 3.61. The monoisotopic (exact) mass is 250 g/mol. The van der Waals surface area contributed by atoms with Crippen LogP contribution in [0.15, 0.2) is 24.3 Å². The van der Waals surface area contributed by atoms with E-state index in [0.717, 1.165) is 5.56 Å². The Morgan fingerprint density at radius 1 is 1.29 bits per heavy atom. The van der Waals surface area contributed by atoms with E-state index >= 15 is 0 Å². The zero-order valence-electron chi connectivity index (χ0n) is 9.02. The van der Waals surface area contributed by atoms with Gasteiger partial charge < -0.3 is 0 Å². The van der Waals surface area contributed by atoms with Gasteiger partial charge in [-0.1, -0.05) is 29.8 Å². The minimum atomic E-state index is -0.105. The summed E-state index contributed by atoms with van der Waals surface area (Å²) in [7, 11) is 0. The fraction of sp³-hybridized carbons (Fsp3) is 0.333. The van der Waals surface area contributed by atoms with Gasteiger partial charge in [-0.3, -0.25) is 15.0 Å². The maximum absolute atomic E-state index is 11.9. The lowest BCUT2D eigenvalue weighted by molar-refractivity contribution is -0.148. The van der Waals surface area contributed by atoms with Crippen molar-refractivity contribution in [1.29, 1.82) is 0 Å². The van der Waals surface area contributed by atoms with Crippen molar-refractivity contribution in [2.24, 2.45) is 11.8 Å². The number of carbonyl (C=O) groups excluding carboxylic acids is 2. The number of carbonyl (C=O) groups is 2. The Hall–Kier alpha value is -1.55. The minimum Gasteiger partial charge on any atom is -0.273 e. The number of nitrogens with one attached hydrogen (secondary N) is 1. The molecule has 2 amide bonds. The lowest BCUT2D eigenvalue weighted by Crippen LogP contribution is -2.51. The average molecular weight is 251 g/mol. The van der Waals surface area contributed by atoms with E-state index < -0.39 is 0 Å². The largest absolute Gasteiger partial charge is 0.273 e. The van der Waals surface area contributed by atoms with Crippen molar-refractivity contribution >= 4 is 23.4 Å². The zero-order chi connectivity index (χ0) is 12.0. The summed E-state index contributed by atoms with van der Waals surface area (Å²) in [6.45, 7) is 0.327. The standard InChI is InChI=1S/C12H11ClN2O2/c13-10-4-2-1-3-7(10)6-15-12(17)9-5-8(9)11(16)14-15/h1-4,8-9H,5-6H2,(H,14,16). The quantitative estimate of drug-likeness (QED) is 0.861. The number of fused-ring (bicyclic) bond motifs is 1. The van der Waals surface area contributed by atoms with Crippen LogP contribution in [0.1, 0.15) is 12.0 Å². The Bertz CT molecular complexity index is 503. The number of amides is 2. The van der Waals surface area contributed by atoms with Crippen molar-refractivity contribution in [3.8, 4) is 0 Å². The molecule has 1 heterocycles. The molecule has 5 heteroatoms. The van der Waals surface area contributed by atoms with Gasteiger partial charge in [0.15, 0.2) is 0 Å². The molecule has 0 aromatic heterocycles. The van der Waals surface area contributed by atoms with Gasteiger partial charge in [-0.25, -0.2) is 5.01 Å². The topological polar surface area (TPSA) is 49.4 Å². The molecule has 4 nitrogen and oxygen atoms in total. The molecular weight excluding hydrogens is 240 g/mol. The van der Waals surface area contributed by atoms with Gasteiger partial charge in [0.1, 0.15) is 0 Å². The number of hydrazine groups is 1. The molecular formula is C12H11ClN2O2. The Balaban J connectivity index is 1.79. The highest BCUT2D eigenvalue weighted by Crippen LogP contribution is 2.42. The third kappa shape index (κ3) is 1.78. The van der Waals surface area contributed by atoms with E-state index in [1.807, 2.05) is 18.2 Å². The number of nitrogens with zero attached hydrogens (tertiary/aromatic N) is 1. The van der Waals surface area contributed by atoms with Crippen LogP contribution >= 0.6 is 11.6 Å².